The van der Waals surface area contributed by atoms with Crippen molar-refractivity contribution in [2.75, 3.05) is 6.67 Å². The number of fused-ring (bicyclic) bond motifs is 1. The van der Waals surface area contributed by atoms with Crippen molar-refractivity contribution in [3.05, 3.63) is 47.9 Å². The first-order valence-electron chi connectivity index (χ1n) is 7.73. The Labute approximate surface area is 147 Å². The molecule has 0 bridgehead atoms. The van der Waals surface area contributed by atoms with Gasteiger partial charge in [0.15, 0.2) is 5.82 Å². The maximum atomic E-state index is 13.0. The summed E-state index contributed by atoms with van der Waals surface area (Å²) >= 11 is 6.24. The average Bonchev–Trinajstić information content (AvgIpc) is 3.27. The first-order valence-corrected chi connectivity index (χ1v) is 8.11. The number of aromatic nitrogens is 7. The number of pyridine rings is 1. The number of hydrogen-bond donors (Lipinski definition) is 0. The molecule has 9 heteroatoms. The monoisotopic (exact) mass is 359 g/mol. The molecule has 0 aliphatic rings. The lowest BCUT2D eigenvalue weighted by molar-refractivity contribution is 0.442. The Bertz CT molecular complexity index is 1030. The Morgan fingerprint density at radius 2 is 2.16 bits per heavy atom. The van der Waals surface area contributed by atoms with Gasteiger partial charge in [-0.05, 0) is 6.07 Å². The summed E-state index contributed by atoms with van der Waals surface area (Å²) in [5.41, 5.74) is 2.20. The van der Waals surface area contributed by atoms with Crippen LogP contribution in [0.5, 0.6) is 0 Å². The molecule has 0 fully saturated rings. The van der Waals surface area contributed by atoms with E-state index in [0.717, 1.165) is 16.9 Å². The Kier molecular flexibility index (Phi) is 3.96. The zero-order valence-corrected chi connectivity index (χ0v) is 14.2. The number of aryl methyl sites for hydroxylation is 2. The minimum absolute atomic E-state index is 0.240. The van der Waals surface area contributed by atoms with E-state index in [0.29, 0.717) is 23.1 Å². The fourth-order valence-electron chi connectivity index (χ4n) is 2.90. The van der Waals surface area contributed by atoms with Crippen LogP contribution in [0.3, 0.4) is 0 Å². The van der Waals surface area contributed by atoms with Crippen molar-refractivity contribution in [2.45, 2.75) is 13.1 Å². The maximum absolute atomic E-state index is 13.0. The SMILES string of the molecule is Cn1cc(Cl)c(-c2nccn2Cc2nc3cnccc3n2CCF)n1. The molecule has 0 saturated carbocycles. The molecule has 4 rings (SSSR count). The Morgan fingerprint density at radius 1 is 1.28 bits per heavy atom. The summed E-state index contributed by atoms with van der Waals surface area (Å²) in [5, 5.41) is 4.89. The van der Waals surface area contributed by atoms with Gasteiger partial charge < -0.3 is 9.13 Å². The van der Waals surface area contributed by atoms with E-state index >= 15 is 0 Å². The standard InChI is InChI=1S/C16H15ClFN7/c1-23-9-11(17)15(22-23)16-20-5-7-24(16)10-14-21-12-8-19-4-2-13(12)25(14)6-3-18/h2,4-5,7-9H,3,6,10H2,1H3. The highest BCUT2D eigenvalue weighted by Gasteiger charge is 2.17. The van der Waals surface area contributed by atoms with Gasteiger partial charge in [-0.25, -0.2) is 14.4 Å². The van der Waals surface area contributed by atoms with Gasteiger partial charge in [-0.2, -0.15) is 5.10 Å². The summed E-state index contributed by atoms with van der Waals surface area (Å²) in [6, 6.07) is 1.84. The summed E-state index contributed by atoms with van der Waals surface area (Å²) in [5.74, 6) is 1.37. The molecular weight excluding hydrogens is 345 g/mol. The molecule has 7 nitrogen and oxygen atoms in total. The molecule has 0 radical (unpaired) electrons. The summed E-state index contributed by atoms with van der Waals surface area (Å²) in [7, 11) is 1.80. The molecule has 0 aliphatic heterocycles. The molecule has 0 unspecified atom stereocenters. The normalized spacial score (nSPS) is 11.5. The van der Waals surface area contributed by atoms with Crippen LogP contribution in [0.4, 0.5) is 4.39 Å². The topological polar surface area (TPSA) is 66.3 Å². The molecule has 0 spiro atoms. The van der Waals surface area contributed by atoms with Gasteiger partial charge in [0.1, 0.15) is 23.7 Å². The molecule has 0 amide bonds. The van der Waals surface area contributed by atoms with Gasteiger partial charge >= 0.3 is 0 Å². The number of imidazole rings is 2. The highest BCUT2D eigenvalue weighted by Crippen LogP contribution is 2.25. The second-order valence-electron chi connectivity index (χ2n) is 5.61. The summed E-state index contributed by atoms with van der Waals surface area (Å²) in [6.07, 6.45) is 8.60. The van der Waals surface area contributed by atoms with E-state index in [1.165, 1.54) is 0 Å². The van der Waals surface area contributed by atoms with Crippen LogP contribution in [0, 0.1) is 0 Å². The third-order valence-corrected chi connectivity index (χ3v) is 4.24. The highest BCUT2D eigenvalue weighted by molar-refractivity contribution is 6.32. The van der Waals surface area contributed by atoms with Crippen molar-refractivity contribution in [3.63, 3.8) is 0 Å². The average molecular weight is 360 g/mol. The predicted molar refractivity (Wildman–Crippen MR) is 92.0 cm³/mol. The minimum atomic E-state index is -0.469. The highest BCUT2D eigenvalue weighted by atomic mass is 35.5. The first kappa shape index (κ1) is 15.8. The number of nitrogens with zero attached hydrogens (tertiary/aromatic N) is 7. The number of hydrogen-bond acceptors (Lipinski definition) is 4. The largest absolute Gasteiger partial charge is 0.324 e. The molecule has 4 aromatic rings. The third kappa shape index (κ3) is 2.78. The van der Waals surface area contributed by atoms with Crippen LogP contribution in [0.15, 0.2) is 37.1 Å². The fraction of sp³-hybridized carbons (Fsp3) is 0.250. The number of halogens is 2. The van der Waals surface area contributed by atoms with Gasteiger partial charge in [0, 0.05) is 31.8 Å². The molecule has 0 aromatic carbocycles. The number of alkyl halides is 1. The van der Waals surface area contributed by atoms with Crippen molar-refractivity contribution >= 4 is 22.6 Å². The zero-order chi connectivity index (χ0) is 17.4. The molecule has 128 valence electrons. The molecule has 0 aliphatic carbocycles. The maximum Gasteiger partial charge on any atom is 0.162 e. The molecule has 0 saturated heterocycles. The van der Waals surface area contributed by atoms with E-state index in [4.69, 9.17) is 11.6 Å². The second kappa shape index (κ2) is 6.29. The molecule has 0 N–H and O–H groups in total. The number of rotatable bonds is 5. The minimum Gasteiger partial charge on any atom is -0.324 e. The van der Waals surface area contributed by atoms with E-state index < -0.39 is 6.67 Å². The molecular formula is C16H15ClFN7. The molecule has 4 aromatic heterocycles. The van der Waals surface area contributed by atoms with Crippen LogP contribution < -0.4 is 0 Å². The summed E-state index contributed by atoms with van der Waals surface area (Å²) in [6.45, 7) is 0.199. The fourth-order valence-corrected chi connectivity index (χ4v) is 3.17. The summed E-state index contributed by atoms with van der Waals surface area (Å²) in [4.78, 5) is 13.0. The predicted octanol–water partition coefficient (Wildman–Crippen LogP) is 2.70. The lowest BCUT2D eigenvalue weighted by atomic mass is 10.4. The van der Waals surface area contributed by atoms with Gasteiger partial charge in [0.2, 0.25) is 0 Å². The van der Waals surface area contributed by atoms with Crippen LogP contribution in [0.1, 0.15) is 5.82 Å². The lowest BCUT2D eigenvalue weighted by Gasteiger charge is -2.09. The van der Waals surface area contributed by atoms with Gasteiger partial charge in [-0.1, -0.05) is 11.6 Å². The second-order valence-corrected chi connectivity index (χ2v) is 6.02. The molecule has 4 heterocycles. The quantitative estimate of drug-likeness (QED) is 0.549. The van der Waals surface area contributed by atoms with E-state index in [2.05, 4.69) is 20.1 Å². The molecule has 0 atom stereocenters. The van der Waals surface area contributed by atoms with E-state index in [-0.39, 0.29) is 6.54 Å². The Morgan fingerprint density at radius 3 is 2.92 bits per heavy atom. The van der Waals surface area contributed by atoms with Crippen LogP contribution in [-0.4, -0.2) is 40.5 Å². The van der Waals surface area contributed by atoms with Crippen LogP contribution in [-0.2, 0) is 20.1 Å². The van der Waals surface area contributed by atoms with Gasteiger partial charge in [0.05, 0.1) is 29.8 Å². The first-order chi connectivity index (χ1) is 12.2. The van der Waals surface area contributed by atoms with Gasteiger partial charge in [-0.3, -0.25) is 9.67 Å². The Hall–Kier alpha value is -2.74. The van der Waals surface area contributed by atoms with Crippen molar-refractivity contribution in [1.82, 2.24) is 33.9 Å². The lowest BCUT2D eigenvalue weighted by Crippen LogP contribution is -2.10. The van der Waals surface area contributed by atoms with Gasteiger partial charge in [0.25, 0.3) is 0 Å². The summed E-state index contributed by atoms with van der Waals surface area (Å²) < 4.78 is 18.4. The molecule has 25 heavy (non-hydrogen) atoms. The van der Waals surface area contributed by atoms with E-state index in [1.54, 1.807) is 36.5 Å². The van der Waals surface area contributed by atoms with Crippen molar-refractivity contribution in [1.29, 1.82) is 0 Å². The van der Waals surface area contributed by atoms with Gasteiger partial charge in [-0.15, -0.1) is 0 Å². The van der Waals surface area contributed by atoms with Crippen molar-refractivity contribution in [2.24, 2.45) is 7.05 Å². The van der Waals surface area contributed by atoms with Crippen molar-refractivity contribution < 1.29 is 4.39 Å². The third-order valence-electron chi connectivity index (χ3n) is 3.96. The Balaban J connectivity index is 1.77. The van der Waals surface area contributed by atoms with E-state index in [9.17, 15) is 4.39 Å². The van der Waals surface area contributed by atoms with E-state index in [1.807, 2.05) is 21.4 Å². The smallest absolute Gasteiger partial charge is 0.162 e. The van der Waals surface area contributed by atoms with Crippen molar-refractivity contribution in [3.8, 4) is 11.5 Å². The van der Waals surface area contributed by atoms with Crippen LogP contribution >= 0.6 is 11.6 Å². The zero-order valence-electron chi connectivity index (χ0n) is 13.5. The van der Waals surface area contributed by atoms with Crippen LogP contribution in [0.2, 0.25) is 5.02 Å². The van der Waals surface area contributed by atoms with Crippen LogP contribution in [0.25, 0.3) is 22.6 Å².